The molecule has 1 aromatic rings. The number of aliphatic hydroxyl groups is 1. The van der Waals surface area contributed by atoms with Crippen LogP contribution >= 0.6 is 0 Å². The number of allylic oxidation sites excluding steroid dienone is 1. The summed E-state index contributed by atoms with van der Waals surface area (Å²) in [5.41, 5.74) is 1.01. The number of phenols is 1. The maximum atomic E-state index is 13.0. The normalized spacial score (nSPS) is 33.6. The fourth-order valence-electron chi connectivity index (χ4n) is 4.96. The number of anilines is 1. The SMILES string of the molecule is CC[C@H]1/C=C/[C@@H]([C@@H](C)O)OC(=O)/C(C)=C\CC(=O)Nc2cc(O)cc3c2O[C@@]2(CC1)CC(=O)[C@@H](C)[C@@H]3O2. The Bertz CT molecular complexity index is 1140. The lowest BCUT2D eigenvalue weighted by molar-refractivity contribution is -0.261. The lowest BCUT2D eigenvalue weighted by atomic mass is 9.82. The summed E-state index contributed by atoms with van der Waals surface area (Å²) in [4.78, 5) is 38.4. The molecule has 0 unspecified atom stereocenters. The largest absolute Gasteiger partial charge is 0.508 e. The van der Waals surface area contributed by atoms with E-state index < -0.39 is 41.9 Å². The van der Waals surface area contributed by atoms with Gasteiger partial charge in [-0.1, -0.05) is 26.0 Å². The van der Waals surface area contributed by atoms with E-state index in [1.54, 1.807) is 26.8 Å². The van der Waals surface area contributed by atoms with Crippen LogP contribution in [0.15, 0.2) is 35.9 Å². The fraction of sp³-hybridized carbons (Fsp3) is 0.536. The maximum absolute atomic E-state index is 13.0. The lowest BCUT2D eigenvalue weighted by Gasteiger charge is -2.48. The van der Waals surface area contributed by atoms with Crippen LogP contribution in [0, 0.1) is 11.8 Å². The summed E-state index contributed by atoms with van der Waals surface area (Å²) in [7, 11) is 0. The number of ether oxygens (including phenoxy) is 3. The van der Waals surface area contributed by atoms with Crippen molar-refractivity contribution in [2.24, 2.45) is 11.8 Å². The van der Waals surface area contributed by atoms with E-state index in [4.69, 9.17) is 14.2 Å². The smallest absolute Gasteiger partial charge is 0.334 e. The highest BCUT2D eigenvalue weighted by Crippen LogP contribution is 2.53. The monoisotopic (exact) mass is 513 g/mol. The summed E-state index contributed by atoms with van der Waals surface area (Å²) in [6, 6.07) is 2.91. The Morgan fingerprint density at radius 1 is 1.22 bits per heavy atom. The number of aliphatic hydroxyl groups excluding tert-OH is 1. The molecule has 3 N–H and O–H groups in total. The molecule has 0 aromatic heterocycles. The highest BCUT2D eigenvalue weighted by molar-refractivity contribution is 5.96. The Balaban J connectivity index is 1.77. The number of hydrogen-bond donors (Lipinski definition) is 3. The van der Waals surface area contributed by atoms with Crippen LogP contribution in [0.2, 0.25) is 0 Å². The minimum Gasteiger partial charge on any atom is -0.508 e. The minimum atomic E-state index is -1.21. The van der Waals surface area contributed by atoms with E-state index in [-0.39, 0.29) is 41.6 Å². The molecule has 1 spiro atoms. The summed E-state index contributed by atoms with van der Waals surface area (Å²) in [5.74, 6) is -2.38. The number of ketones is 1. The Morgan fingerprint density at radius 3 is 2.68 bits per heavy atom. The maximum Gasteiger partial charge on any atom is 0.334 e. The summed E-state index contributed by atoms with van der Waals surface area (Å²) < 4.78 is 18.3. The van der Waals surface area contributed by atoms with Gasteiger partial charge in [-0.05, 0) is 44.7 Å². The van der Waals surface area contributed by atoms with Gasteiger partial charge in [0.1, 0.15) is 23.7 Å². The standard InChI is InChI=1S/C28H35NO8/c1-5-18-7-8-23(17(4)30)35-27(34)15(2)6-9-24(33)29-21-13-19(31)12-20-25-16(3)22(32)14-28(36-25,11-10-18)37-26(20)21/h6-8,12-13,16-18,23,25,30-31H,5,9-11,14H2,1-4H3,(H,29,33)/b8-7+,15-6-/t16-,17-,18+,23+,25+,28+/m1/s1. The number of Topliss-reactive ketones (excluding diaryl/α,β-unsaturated/α-hetero) is 1. The molecule has 37 heavy (non-hydrogen) atoms. The number of carbonyl (C=O) groups is 3. The van der Waals surface area contributed by atoms with Crippen molar-refractivity contribution in [1.29, 1.82) is 0 Å². The topological polar surface area (TPSA) is 131 Å². The average Bonchev–Trinajstić information content (AvgIpc) is 2.84. The number of benzene rings is 1. The van der Waals surface area contributed by atoms with Crippen LogP contribution < -0.4 is 10.1 Å². The molecule has 0 radical (unpaired) electrons. The number of phenolic OH excluding ortho intramolecular Hbond substituents is 1. The second-order valence-corrected chi connectivity index (χ2v) is 10.2. The molecule has 0 aliphatic carbocycles. The summed E-state index contributed by atoms with van der Waals surface area (Å²) >= 11 is 0. The Labute approximate surface area is 216 Å². The van der Waals surface area contributed by atoms with Crippen LogP contribution in [0.4, 0.5) is 5.69 Å². The van der Waals surface area contributed by atoms with Gasteiger partial charge in [-0.3, -0.25) is 9.59 Å². The minimum absolute atomic E-state index is 0.00649. The van der Waals surface area contributed by atoms with E-state index in [1.807, 2.05) is 13.0 Å². The second-order valence-electron chi connectivity index (χ2n) is 10.2. The molecule has 9 nitrogen and oxygen atoms in total. The van der Waals surface area contributed by atoms with Crippen molar-refractivity contribution in [3.63, 3.8) is 0 Å². The van der Waals surface area contributed by atoms with Gasteiger partial charge in [-0.2, -0.15) is 0 Å². The van der Waals surface area contributed by atoms with E-state index >= 15 is 0 Å². The third-order valence-corrected chi connectivity index (χ3v) is 7.35. The Hall–Kier alpha value is -3.17. The van der Waals surface area contributed by atoms with E-state index in [1.165, 1.54) is 18.2 Å². The molecule has 3 aliphatic rings. The van der Waals surface area contributed by atoms with Crippen molar-refractivity contribution < 1.29 is 38.8 Å². The number of nitrogens with one attached hydrogen (secondary N) is 1. The first-order valence-electron chi connectivity index (χ1n) is 12.8. The zero-order valence-electron chi connectivity index (χ0n) is 21.7. The first-order chi connectivity index (χ1) is 17.5. The van der Waals surface area contributed by atoms with Gasteiger partial charge in [0.25, 0.3) is 0 Å². The molecule has 1 aromatic carbocycles. The number of hydrogen-bond acceptors (Lipinski definition) is 8. The van der Waals surface area contributed by atoms with Crippen molar-refractivity contribution in [3.8, 4) is 11.5 Å². The summed E-state index contributed by atoms with van der Waals surface area (Å²) in [5, 5.41) is 23.3. The Kier molecular flexibility index (Phi) is 7.75. The van der Waals surface area contributed by atoms with Gasteiger partial charge in [0.05, 0.1) is 18.2 Å². The highest BCUT2D eigenvalue weighted by Gasteiger charge is 2.52. The predicted octanol–water partition coefficient (Wildman–Crippen LogP) is 4.09. The number of esters is 1. The number of rotatable bonds is 2. The molecular formula is C28H35NO8. The Morgan fingerprint density at radius 2 is 1.97 bits per heavy atom. The van der Waals surface area contributed by atoms with Gasteiger partial charge in [0.15, 0.2) is 5.75 Å². The fourth-order valence-corrected chi connectivity index (χ4v) is 4.96. The van der Waals surface area contributed by atoms with E-state index in [0.717, 1.165) is 6.42 Å². The molecule has 3 heterocycles. The number of fused-ring (bicyclic) bond motifs is 2. The van der Waals surface area contributed by atoms with Crippen LogP contribution in [-0.2, 0) is 23.9 Å². The molecule has 6 atom stereocenters. The predicted molar refractivity (Wildman–Crippen MR) is 135 cm³/mol. The van der Waals surface area contributed by atoms with Crippen molar-refractivity contribution >= 4 is 23.3 Å². The van der Waals surface area contributed by atoms with Crippen LogP contribution in [0.1, 0.15) is 71.5 Å². The number of cyclic esters (lactones) is 1. The van der Waals surface area contributed by atoms with E-state index in [2.05, 4.69) is 5.32 Å². The number of carbonyl (C=O) groups excluding carboxylic acids is 3. The van der Waals surface area contributed by atoms with Gasteiger partial charge < -0.3 is 29.7 Å². The highest BCUT2D eigenvalue weighted by atomic mass is 16.7. The molecule has 1 fully saturated rings. The third kappa shape index (κ3) is 5.72. The summed E-state index contributed by atoms with van der Waals surface area (Å²) in [6.07, 6.45) is 4.34. The quantitative estimate of drug-likeness (QED) is 0.398. The van der Waals surface area contributed by atoms with Gasteiger partial charge in [0.2, 0.25) is 11.7 Å². The van der Waals surface area contributed by atoms with Crippen LogP contribution in [-0.4, -0.2) is 45.9 Å². The van der Waals surface area contributed by atoms with Gasteiger partial charge >= 0.3 is 5.97 Å². The summed E-state index contributed by atoms with van der Waals surface area (Å²) in [6.45, 7) is 6.90. The van der Waals surface area contributed by atoms with Gasteiger partial charge in [-0.15, -0.1) is 0 Å². The van der Waals surface area contributed by atoms with Crippen molar-refractivity contribution in [2.75, 3.05) is 5.32 Å². The average molecular weight is 514 g/mol. The molecule has 1 amide bonds. The first kappa shape index (κ1) is 26.9. The molecule has 4 rings (SSSR count). The van der Waals surface area contributed by atoms with Gasteiger partial charge in [0, 0.05) is 36.0 Å². The molecule has 3 bridgehead atoms. The molecule has 9 heteroatoms. The number of aromatic hydroxyl groups is 1. The number of amides is 1. The van der Waals surface area contributed by atoms with Crippen molar-refractivity contribution in [3.05, 3.63) is 41.5 Å². The lowest BCUT2D eigenvalue weighted by Crippen LogP contribution is -2.52. The van der Waals surface area contributed by atoms with Crippen LogP contribution in [0.25, 0.3) is 0 Å². The molecule has 0 saturated carbocycles. The van der Waals surface area contributed by atoms with E-state index in [0.29, 0.717) is 24.2 Å². The van der Waals surface area contributed by atoms with Crippen LogP contribution in [0.5, 0.6) is 11.5 Å². The second kappa shape index (κ2) is 10.7. The third-order valence-electron chi connectivity index (χ3n) is 7.35. The molecule has 200 valence electrons. The van der Waals surface area contributed by atoms with E-state index in [9.17, 15) is 24.6 Å². The van der Waals surface area contributed by atoms with Crippen LogP contribution in [0.3, 0.4) is 0 Å². The zero-order valence-corrected chi connectivity index (χ0v) is 21.7. The molecule has 3 aliphatic heterocycles. The zero-order chi connectivity index (χ0) is 26.9. The van der Waals surface area contributed by atoms with Gasteiger partial charge in [-0.25, -0.2) is 4.79 Å². The van der Waals surface area contributed by atoms with Crippen molar-refractivity contribution in [2.45, 2.75) is 83.9 Å². The molecule has 1 saturated heterocycles. The van der Waals surface area contributed by atoms with Crippen molar-refractivity contribution in [1.82, 2.24) is 0 Å². The first-order valence-corrected chi connectivity index (χ1v) is 12.8. The molecular weight excluding hydrogens is 478 g/mol.